The number of hydrogen-bond donors (Lipinski definition) is 2. The molecule has 4 rings (SSSR count). The van der Waals surface area contributed by atoms with Gasteiger partial charge in [-0.2, -0.15) is 5.10 Å². The van der Waals surface area contributed by atoms with Crippen molar-refractivity contribution in [2.45, 2.75) is 33.2 Å². The summed E-state index contributed by atoms with van der Waals surface area (Å²) in [6, 6.07) is 7.61. The molecule has 0 radical (unpaired) electrons. The van der Waals surface area contributed by atoms with Crippen molar-refractivity contribution in [3.63, 3.8) is 0 Å². The largest absolute Gasteiger partial charge is 0.377 e. The SMILES string of the molecule is CCNC(=O)Nc1ccc(-c2nc(N3CCOC[C@@H]3CC)c3c(n2)c(C)nn3C)cc1. The van der Waals surface area contributed by atoms with E-state index in [2.05, 4.69) is 27.6 Å². The van der Waals surface area contributed by atoms with E-state index < -0.39 is 0 Å². The van der Waals surface area contributed by atoms with Crippen LogP contribution in [-0.2, 0) is 11.8 Å². The molecule has 9 heteroatoms. The average Bonchev–Trinajstić information content (AvgIpc) is 3.07. The van der Waals surface area contributed by atoms with Gasteiger partial charge in [0.2, 0.25) is 0 Å². The first-order valence-corrected chi connectivity index (χ1v) is 10.7. The third-order valence-electron chi connectivity index (χ3n) is 5.54. The molecule has 2 N–H and O–H groups in total. The Hall–Kier alpha value is -3.20. The van der Waals surface area contributed by atoms with Gasteiger partial charge in [-0.15, -0.1) is 0 Å². The molecule has 3 heterocycles. The Morgan fingerprint density at radius 1 is 1.23 bits per heavy atom. The first kappa shape index (κ1) is 21.0. The van der Waals surface area contributed by atoms with Gasteiger partial charge in [0, 0.05) is 31.4 Å². The Morgan fingerprint density at radius 2 is 2.00 bits per heavy atom. The van der Waals surface area contributed by atoms with Gasteiger partial charge in [-0.3, -0.25) is 4.68 Å². The highest BCUT2D eigenvalue weighted by atomic mass is 16.5. The van der Waals surface area contributed by atoms with Crippen molar-refractivity contribution in [2.24, 2.45) is 7.05 Å². The highest BCUT2D eigenvalue weighted by Gasteiger charge is 2.27. The van der Waals surface area contributed by atoms with Crippen LogP contribution in [0.5, 0.6) is 0 Å². The molecule has 2 amide bonds. The summed E-state index contributed by atoms with van der Waals surface area (Å²) in [6.07, 6.45) is 0.970. The number of fused-ring (bicyclic) bond motifs is 1. The molecule has 0 saturated carbocycles. The number of morpholine rings is 1. The van der Waals surface area contributed by atoms with Crippen molar-refractivity contribution in [1.29, 1.82) is 0 Å². The molecular weight excluding hydrogens is 394 g/mol. The van der Waals surface area contributed by atoms with Crippen LogP contribution in [0.3, 0.4) is 0 Å². The number of aryl methyl sites for hydroxylation is 2. The predicted octanol–water partition coefficient (Wildman–Crippen LogP) is 3.10. The minimum Gasteiger partial charge on any atom is -0.377 e. The number of benzene rings is 1. The number of nitrogens with zero attached hydrogens (tertiary/aromatic N) is 5. The summed E-state index contributed by atoms with van der Waals surface area (Å²) < 4.78 is 7.57. The molecule has 0 unspecified atom stereocenters. The van der Waals surface area contributed by atoms with E-state index in [0.717, 1.165) is 41.1 Å². The molecule has 1 aromatic carbocycles. The minimum atomic E-state index is -0.223. The maximum Gasteiger partial charge on any atom is 0.319 e. The van der Waals surface area contributed by atoms with Crippen molar-refractivity contribution < 1.29 is 9.53 Å². The molecule has 3 aromatic rings. The van der Waals surface area contributed by atoms with Crippen molar-refractivity contribution in [3.8, 4) is 11.4 Å². The zero-order valence-electron chi connectivity index (χ0n) is 18.5. The average molecular weight is 424 g/mol. The van der Waals surface area contributed by atoms with E-state index in [4.69, 9.17) is 14.7 Å². The molecule has 1 atom stereocenters. The number of rotatable bonds is 5. The van der Waals surface area contributed by atoms with Gasteiger partial charge in [-0.25, -0.2) is 14.8 Å². The second kappa shape index (κ2) is 8.89. The van der Waals surface area contributed by atoms with E-state index in [-0.39, 0.29) is 12.1 Å². The van der Waals surface area contributed by atoms with Gasteiger partial charge >= 0.3 is 6.03 Å². The Morgan fingerprint density at radius 3 is 2.71 bits per heavy atom. The van der Waals surface area contributed by atoms with Gasteiger partial charge in [-0.05, 0) is 44.5 Å². The van der Waals surface area contributed by atoms with Crippen molar-refractivity contribution in [2.75, 3.05) is 36.5 Å². The van der Waals surface area contributed by atoms with Crippen LogP contribution in [0.1, 0.15) is 26.0 Å². The lowest BCUT2D eigenvalue weighted by Crippen LogP contribution is -2.45. The number of anilines is 2. The minimum absolute atomic E-state index is 0.223. The summed E-state index contributed by atoms with van der Waals surface area (Å²) in [7, 11) is 1.94. The first-order chi connectivity index (χ1) is 15.0. The highest BCUT2D eigenvalue weighted by molar-refractivity contribution is 5.91. The Labute approximate surface area is 181 Å². The van der Waals surface area contributed by atoms with E-state index in [1.807, 2.05) is 49.8 Å². The van der Waals surface area contributed by atoms with Gasteiger partial charge in [-0.1, -0.05) is 6.92 Å². The third kappa shape index (κ3) is 4.18. The van der Waals surface area contributed by atoms with E-state index in [1.54, 1.807) is 0 Å². The Kier molecular flexibility index (Phi) is 6.03. The van der Waals surface area contributed by atoms with Crippen LogP contribution in [0.25, 0.3) is 22.4 Å². The molecule has 0 bridgehead atoms. The van der Waals surface area contributed by atoms with Gasteiger partial charge in [0.15, 0.2) is 11.6 Å². The standard InChI is InChI=1S/C22H29N7O2/c1-5-17-13-31-12-11-29(17)21-19-18(14(3)27-28(19)4)25-20(26-21)15-7-9-16(10-8-15)24-22(30)23-6-2/h7-10,17H,5-6,11-13H2,1-4H3,(H2,23,24,30)/t17-/m0/s1. The normalized spacial score (nSPS) is 16.5. The molecule has 1 saturated heterocycles. The molecule has 1 fully saturated rings. The fourth-order valence-corrected chi connectivity index (χ4v) is 3.96. The van der Waals surface area contributed by atoms with E-state index >= 15 is 0 Å². The summed E-state index contributed by atoms with van der Waals surface area (Å²) in [6.45, 7) is 8.74. The van der Waals surface area contributed by atoms with Crippen LogP contribution in [0.15, 0.2) is 24.3 Å². The molecule has 0 spiro atoms. The van der Waals surface area contributed by atoms with Crippen LogP contribution in [0.2, 0.25) is 0 Å². The number of urea groups is 1. The maximum absolute atomic E-state index is 11.8. The van der Waals surface area contributed by atoms with Crippen molar-refractivity contribution >= 4 is 28.6 Å². The van der Waals surface area contributed by atoms with Crippen molar-refractivity contribution in [1.82, 2.24) is 25.1 Å². The molecule has 0 aliphatic carbocycles. The van der Waals surface area contributed by atoms with Crippen LogP contribution in [0.4, 0.5) is 16.3 Å². The quantitative estimate of drug-likeness (QED) is 0.655. The number of carbonyl (C=O) groups excluding carboxylic acids is 1. The first-order valence-electron chi connectivity index (χ1n) is 10.7. The fourth-order valence-electron chi connectivity index (χ4n) is 3.96. The van der Waals surface area contributed by atoms with Crippen molar-refractivity contribution in [3.05, 3.63) is 30.0 Å². The zero-order valence-corrected chi connectivity index (χ0v) is 18.5. The zero-order chi connectivity index (χ0) is 22.0. The van der Waals surface area contributed by atoms with E-state index in [0.29, 0.717) is 31.3 Å². The summed E-state index contributed by atoms with van der Waals surface area (Å²) in [4.78, 5) is 23.9. The van der Waals surface area contributed by atoms with Gasteiger partial charge < -0.3 is 20.3 Å². The lowest BCUT2D eigenvalue weighted by molar-refractivity contribution is 0.0927. The van der Waals surface area contributed by atoms with Crippen LogP contribution >= 0.6 is 0 Å². The van der Waals surface area contributed by atoms with Gasteiger partial charge in [0.05, 0.1) is 24.9 Å². The molecule has 9 nitrogen and oxygen atoms in total. The van der Waals surface area contributed by atoms with E-state index in [1.165, 1.54) is 0 Å². The number of aromatic nitrogens is 4. The number of carbonyl (C=O) groups is 1. The molecular formula is C22H29N7O2. The topological polar surface area (TPSA) is 97.2 Å². The molecule has 164 valence electrons. The Bertz CT molecular complexity index is 1080. The molecule has 2 aromatic heterocycles. The predicted molar refractivity (Wildman–Crippen MR) is 121 cm³/mol. The summed E-state index contributed by atoms with van der Waals surface area (Å²) >= 11 is 0. The molecule has 1 aliphatic heterocycles. The molecule has 1 aliphatic rings. The maximum atomic E-state index is 11.8. The number of hydrogen-bond acceptors (Lipinski definition) is 6. The van der Waals surface area contributed by atoms with Crippen LogP contribution in [0, 0.1) is 6.92 Å². The summed E-state index contributed by atoms with van der Waals surface area (Å²) in [5, 5.41) is 10.1. The third-order valence-corrected chi connectivity index (χ3v) is 5.54. The highest BCUT2D eigenvalue weighted by Crippen LogP contribution is 2.31. The lowest BCUT2D eigenvalue weighted by atomic mass is 10.1. The number of ether oxygens (including phenoxy) is 1. The van der Waals surface area contributed by atoms with Crippen LogP contribution < -0.4 is 15.5 Å². The number of nitrogens with one attached hydrogen (secondary N) is 2. The second-order valence-electron chi connectivity index (χ2n) is 7.67. The fraction of sp³-hybridized carbons (Fsp3) is 0.455. The number of amides is 2. The molecule has 31 heavy (non-hydrogen) atoms. The smallest absolute Gasteiger partial charge is 0.319 e. The summed E-state index contributed by atoms with van der Waals surface area (Å²) in [5.74, 6) is 1.53. The lowest BCUT2D eigenvalue weighted by Gasteiger charge is -2.36. The van der Waals surface area contributed by atoms with E-state index in [9.17, 15) is 4.79 Å². The van der Waals surface area contributed by atoms with Gasteiger partial charge in [0.25, 0.3) is 0 Å². The Balaban J connectivity index is 1.75. The second-order valence-corrected chi connectivity index (χ2v) is 7.67. The van der Waals surface area contributed by atoms with Crippen LogP contribution in [-0.4, -0.2) is 58.1 Å². The van der Waals surface area contributed by atoms with Gasteiger partial charge in [0.1, 0.15) is 11.0 Å². The summed E-state index contributed by atoms with van der Waals surface area (Å²) in [5.41, 5.74) is 4.27. The monoisotopic (exact) mass is 423 g/mol.